The Morgan fingerprint density at radius 2 is 1.93 bits per heavy atom. The molecule has 1 fully saturated rings. The van der Waals surface area contributed by atoms with Crippen molar-refractivity contribution in [1.29, 1.82) is 0 Å². The van der Waals surface area contributed by atoms with E-state index in [1.807, 2.05) is 23.1 Å². The van der Waals surface area contributed by atoms with E-state index < -0.39 is 0 Å². The second-order valence-electron chi connectivity index (χ2n) is 7.90. The zero-order chi connectivity index (χ0) is 19.8. The first-order chi connectivity index (χ1) is 14.2. The highest BCUT2D eigenvalue weighted by atomic mass is 32.2. The molecule has 3 aromatic rings. The van der Waals surface area contributed by atoms with Gasteiger partial charge in [-0.3, -0.25) is 4.90 Å². The van der Waals surface area contributed by atoms with Crippen molar-refractivity contribution in [2.75, 3.05) is 38.6 Å². The standard InChI is InChI=1S/C20H27N5OS3/c1-13(2)28-19-21-18-16(14-5-3-4-6-15(14)29-18)17-22-23-20(25(17)19)27-12-9-24-7-10-26-11-8-24/h13H,3-12H2,1-2H3. The lowest BCUT2D eigenvalue weighted by molar-refractivity contribution is 0.0410. The summed E-state index contributed by atoms with van der Waals surface area (Å²) in [5.74, 6) is 1.01. The smallest absolute Gasteiger partial charge is 0.197 e. The third kappa shape index (κ3) is 4.04. The lowest BCUT2D eigenvalue weighted by Crippen LogP contribution is -2.37. The van der Waals surface area contributed by atoms with Crippen LogP contribution in [0.1, 0.15) is 37.1 Å². The molecule has 0 aromatic carbocycles. The van der Waals surface area contributed by atoms with Gasteiger partial charge in [0.25, 0.3) is 0 Å². The maximum atomic E-state index is 5.46. The molecule has 1 aliphatic heterocycles. The monoisotopic (exact) mass is 449 g/mol. The average molecular weight is 450 g/mol. The molecule has 9 heteroatoms. The van der Waals surface area contributed by atoms with E-state index in [0.29, 0.717) is 5.25 Å². The summed E-state index contributed by atoms with van der Waals surface area (Å²) >= 11 is 5.48. The third-order valence-electron chi connectivity index (χ3n) is 5.48. The minimum absolute atomic E-state index is 0.464. The van der Waals surface area contributed by atoms with Gasteiger partial charge in [-0.2, -0.15) is 0 Å². The lowest BCUT2D eigenvalue weighted by atomic mass is 9.97. The maximum absolute atomic E-state index is 5.46. The molecule has 0 unspecified atom stereocenters. The molecule has 3 aromatic heterocycles. The predicted molar refractivity (Wildman–Crippen MR) is 122 cm³/mol. The summed E-state index contributed by atoms with van der Waals surface area (Å²) in [7, 11) is 0. The number of ether oxygens (including phenoxy) is 1. The Kier molecular flexibility index (Phi) is 6.02. The summed E-state index contributed by atoms with van der Waals surface area (Å²) in [6, 6.07) is 0. The van der Waals surface area contributed by atoms with Crippen molar-refractivity contribution >= 4 is 50.7 Å². The second kappa shape index (κ2) is 8.70. The molecule has 4 heterocycles. The Balaban J connectivity index is 1.50. The fourth-order valence-corrected chi connectivity index (χ4v) is 7.22. The van der Waals surface area contributed by atoms with E-state index in [0.717, 1.165) is 65.8 Å². The minimum Gasteiger partial charge on any atom is -0.379 e. The fourth-order valence-electron chi connectivity index (χ4n) is 4.08. The van der Waals surface area contributed by atoms with Crippen LogP contribution in [0.5, 0.6) is 0 Å². The van der Waals surface area contributed by atoms with Crippen LogP contribution >= 0.6 is 34.9 Å². The van der Waals surface area contributed by atoms with E-state index in [4.69, 9.17) is 9.72 Å². The van der Waals surface area contributed by atoms with Crippen molar-refractivity contribution in [3.63, 3.8) is 0 Å². The van der Waals surface area contributed by atoms with E-state index in [2.05, 4.69) is 33.3 Å². The van der Waals surface area contributed by atoms with E-state index in [1.165, 1.54) is 35.1 Å². The Morgan fingerprint density at radius 3 is 2.76 bits per heavy atom. The van der Waals surface area contributed by atoms with Gasteiger partial charge in [-0.05, 0) is 31.2 Å². The Bertz CT molecular complexity index is 1010. The number of hydrogen-bond donors (Lipinski definition) is 0. The highest BCUT2D eigenvalue weighted by Gasteiger charge is 2.24. The number of morpholine rings is 1. The molecule has 156 valence electrons. The molecule has 1 aliphatic carbocycles. The summed E-state index contributed by atoms with van der Waals surface area (Å²) in [6.07, 6.45) is 4.89. The molecule has 0 N–H and O–H groups in total. The number of hydrogen-bond acceptors (Lipinski definition) is 8. The summed E-state index contributed by atoms with van der Waals surface area (Å²) in [4.78, 5) is 10.2. The number of thiophene rings is 1. The van der Waals surface area contributed by atoms with Crippen molar-refractivity contribution in [1.82, 2.24) is 24.5 Å². The van der Waals surface area contributed by atoms with Gasteiger partial charge in [0, 0.05) is 35.5 Å². The zero-order valence-corrected chi connectivity index (χ0v) is 19.5. The van der Waals surface area contributed by atoms with Crippen LogP contribution in [0.4, 0.5) is 0 Å². The first-order valence-electron chi connectivity index (χ1n) is 10.5. The van der Waals surface area contributed by atoms with Crippen LogP contribution in [0.2, 0.25) is 0 Å². The molecule has 0 atom stereocenters. The summed E-state index contributed by atoms with van der Waals surface area (Å²) < 4.78 is 7.68. The average Bonchev–Trinajstić information content (AvgIpc) is 3.29. The van der Waals surface area contributed by atoms with E-state index in [9.17, 15) is 0 Å². The molecule has 0 bridgehead atoms. The van der Waals surface area contributed by atoms with Crippen molar-refractivity contribution in [3.05, 3.63) is 10.4 Å². The number of nitrogens with zero attached hydrogens (tertiary/aromatic N) is 5. The summed E-state index contributed by atoms with van der Waals surface area (Å²) in [5.41, 5.74) is 2.48. The molecule has 1 saturated heterocycles. The highest BCUT2D eigenvalue weighted by molar-refractivity contribution is 8.00. The SMILES string of the molecule is CC(C)Sc1nc2sc3c(c2c2nnc(SCCN4CCOCC4)n12)CCCC3. The first kappa shape index (κ1) is 20.1. The molecular formula is C20H27N5OS3. The van der Waals surface area contributed by atoms with Crippen LogP contribution in [-0.2, 0) is 17.6 Å². The molecule has 0 amide bonds. The van der Waals surface area contributed by atoms with Gasteiger partial charge in [0.1, 0.15) is 4.83 Å². The number of rotatable bonds is 6. The van der Waals surface area contributed by atoms with Crippen LogP contribution in [0.3, 0.4) is 0 Å². The van der Waals surface area contributed by atoms with Crippen LogP contribution in [0.25, 0.3) is 15.9 Å². The molecule has 2 aliphatic rings. The van der Waals surface area contributed by atoms with Gasteiger partial charge in [0.2, 0.25) is 0 Å². The van der Waals surface area contributed by atoms with Gasteiger partial charge >= 0.3 is 0 Å². The molecule has 5 rings (SSSR count). The van der Waals surface area contributed by atoms with Crippen LogP contribution in [0, 0.1) is 0 Å². The van der Waals surface area contributed by atoms with E-state index in [-0.39, 0.29) is 0 Å². The second-order valence-corrected chi connectivity index (χ2v) is 11.6. The van der Waals surface area contributed by atoms with Gasteiger partial charge in [-0.25, -0.2) is 9.38 Å². The summed E-state index contributed by atoms with van der Waals surface area (Å²) in [6.45, 7) is 9.24. The topological polar surface area (TPSA) is 55.5 Å². The number of thioether (sulfide) groups is 2. The van der Waals surface area contributed by atoms with Gasteiger partial charge in [0.15, 0.2) is 16.0 Å². The predicted octanol–water partition coefficient (Wildman–Crippen LogP) is 4.14. The molecule has 0 radical (unpaired) electrons. The van der Waals surface area contributed by atoms with Gasteiger partial charge in [0.05, 0.1) is 18.6 Å². The van der Waals surface area contributed by atoms with Crippen LogP contribution in [-0.4, -0.2) is 68.3 Å². The molecule has 6 nitrogen and oxygen atoms in total. The first-order valence-corrected chi connectivity index (χ1v) is 13.2. The highest BCUT2D eigenvalue weighted by Crippen LogP contribution is 2.40. The van der Waals surface area contributed by atoms with Crippen molar-refractivity contribution < 1.29 is 4.74 Å². The fraction of sp³-hybridized carbons (Fsp3) is 0.650. The Labute approximate surface area is 183 Å². The molecule has 0 spiro atoms. The van der Waals surface area contributed by atoms with Crippen molar-refractivity contribution in [2.24, 2.45) is 0 Å². The quantitative estimate of drug-likeness (QED) is 0.414. The van der Waals surface area contributed by atoms with Crippen molar-refractivity contribution in [3.8, 4) is 0 Å². The minimum atomic E-state index is 0.464. The zero-order valence-electron chi connectivity index (χ0n) is 17.0. The Morgan fingerprint density at radius 1 is 1.10 bits per heavy atom. The van der Waals surface area contributed by atoms with Crippen LogP contribution in [0.15, 0.2) is 10.3 Å². The number of fused-ring (bicyclic) bond motifs is 5. The molecule has 29 heavy (non-hydrogen) atoms. The van der Waals surface area contributed by atoms with E-state index >= 15 is 0 Å². The summed E-state index contributed by atoms with van der Waals surface area (Å²) in [5, 5.41) is 13.0. The number of aromatic nitrogens is 4. The molecular weight excluding hydrogens is 422 g/mol. The largest absolute Gasteiger partial charge is 0.379 e. The maximum Gasteiger partial charge on any atom is 0.197 e. The molecule has 0 saturated carbocycles. The Hall–Kier alpha value is -0.870. The van der Waals surface area contributed by atoms with Crippen molar-refractivity contribution in [2.45, 2.75) is 55.1 Å². The lowest BCUT2D eigenvalue weighted by Gasteiger charge is -2.26. The van der Waals surface area contributed by atoms with Gasteiger partial charge in [-0.15, -0.1) is 21.5 Å². The van der Waals surface area contributed by atoms with E-state index in [1.54, 1.807) is 11.8 Å². The van der Waals surface area contributed by atoms with Gasteiger partial charge in [-0.1, -0.05) is 37.4 Å². The van der Waals surface area contributed by atoms with Crippen LogP contribution < -0.4 is 0 Å². The van der Waals surface area contributed by atoms with Gasteiger partial charge < -0.3 is 4.74 Å². The third-order valence-corrected chi connectivity index (χ3v) is 8.53. The number of aryl methyl sites for hydroxylation is 2. The normalized spacial score (nSPS) is 18.2.